The highest BCUT2D eigenvalue weighted by Crippen LogP contribution is 2.24. The summed E-state index contributed by atoms with van der Waals surface area (Å²) in [5.41, 5.74) is 2.98. The smallest absolute Gasteiger partial charge is 0.0940 e. The monoisotopic (exact) mass is 294 g/mol. The van der Waals surface area contributed by atoms with Crippen LogP contribution in [0.5, 0.6) is 0 Å². The van der Waals surface area contributed by atoms with Gasteiger partial charge in [-0.25, -0.2) is 0 Å². The summed E-state index contributed by atoms with van der Waals surface area (Å²) in [6.07, 6.45) is 5.44. The molecular formula is C17H18N4O. The van der Waals surface area contributed by atoms with Gasteiger partial charge in [-0.1, -0.05) is 36.4 Å². The molecule has 1 atom stereocenters. The van der Waals surface area contributed by atoms with Crippen molar-refractivity contribution < 1.29 is 5.11 Å². The lowest BCUT2D eigenvalue weighted by Gasteiger charge is -2.18. The second-order valence-corrected chi connectivity index (χ2v) is 4.96. The van der Waals surface area contributed by atoms with Gasteiger partial charge >= 0.3 is 0 Å². The lowest BCUT2D eigenvalue weighted by Crippen LogP contribution is -2.13. The Morgan fingerprint density at radius 3 is 2.64 bits per heavy atom. The first-order valence-electron chi connectivity index (χ1n) is 7.22. The Bertz CT molecular complexity index is 657. The minimum absolute atomic E-state index is 0.0471. The molecule has 0 amide bonds. The van der Waals surface area contributed by atoms with E-state index in [-0.39, 0.29) is 12.6 Å². The average Bonchev–Trinajstić information content (AvgIpc) is 3.02. The van der Waals surface area contributed by atoms with E-state index < -0.39 is 0 Å². The van der Waals surface area contributed by atoms with E-state index in [2.05, 4.69) is 27.5 Å². The number of benzene rings is 1. The molecule has 2 heterocycles. The molecule has 2 aromatic heterocycles. The van der Waals surface area contributed by atoms with Crippen molar-refractivity contribution in [1.82, 2.24) is 14.8 Å². The maximum Gasteiger partial charge on any atom is 0.0940 e. The SMILES string of the molecule is OCCn1cc(NC(c2ccccc2)c2ccccn2)cn1. The Balaban J connectivity index is 1.88. The number of aliphatic hydroxyl groups excluding tert-OH is 1. The molecule has 1 unspecified atom stereocenters. The summed E-state index contributed by atoms with van der Waals surface area (Å²) in [5.74, 6) is 0. The van der Waals surface area contributed by atoms with E-state index in [1.165, 1.54) is 0 Å². The highest BCUT2D eigenvalue weighted by Gasteiger charge is 2.15. The van der Waals surface area contributed by atoms with Crippen LogP contribution in [0.3, 0.4) is 0 Å². The third-order valence-electron chi connectivity index (χ3n) is 3.39. The summed E-state index contributed by atoms with van der Waals surface area (Å²) in [4.78, 5) is 4.47. The molecule has 22 heavy (non-hydrogen) atoms. The number of nitrogens with one attached hydrogen (secondary N) is 1. The molecule has 0 aliphatic rings. The Hall–Kier alpha value is -2.66. The molecule has 0 fully saturated rings. The van der Waals surface area contributed by atoms with E-state index in [1.807, 2.05) is 42.6 Å². The predicted molar refractivity (Wildman–Crippen MR) is 85.5 cm³/mol. The molecule has 0 radical (unpaired) electrons. The molecule has 5 nitrogen and oxygen atoms in total. The van der Waals surface area contributed by atoms with E-state index in [1.54, 1.807) is 17.1 Å². The van der Waals surface area contributed by atoms with Gasteiger partial charge in [-0.15, -0.1) is 0 Å². The standard InChI is InChI=1S/C17H18N4O/c22-11-10-21-13-15(12-19-21)20-17(14-6-2-1-3-7-14)16-8-4-5-9-18-16/h1-9,12-13,17,20,22H,10-11H2. The van der Waals surface area contributed by atoms with Gasteiger partial charge in [0.2, 0.25) is 0 Å². The molecule has 5 heteroatoms. The van der Waals surface area contributed by atoms with Crippen molar-refractivity contribution in [1.29, 1.82) is 0 Å². The normalized spacial score (nSPS) is 12.0. The fourth-order valence-corrected chi connectivity index (χ4v) is 2.35. The van der Waals surface area contributed by atoms with Gasteiger partial charge in [-0.3, -0.25) is 9.67 Å². The van der Waals surface area contributed by atoms with Gasteiger partial charge < -0.3 is 10.4 Å². The molecule has 0 saturated heterocycles. The van der Waals surface area contributed by atoms with Crippen LogP contribution < -0.4 is 5.32 Å². The summed E-state index contributed by atoms with van der Waals surface area (Å²) in [6, 6.07) is 16.0. The number of anilines is 1. The summed E-state index contributed by atoms with van der Waals surface area (Å²) in [7, 11) is 0. The molecule has 3 rings (SSSR count). The van der Waals surface area contributed by atoms with Crippen molar-refractivity contribution in [2.45, 2.75) is 12.6 Å². The van der Waals surface area contributed by atoms with E-state index in [4.69, 9.17) is 5.11 Å². The molecule has 2 N–H and O–H groups in total. The highest BCUT2D eigenvalue weighted by atomic mass is 16.3. The number of aromatic nitrogens is 3. The van der Waals surface area contributed by atoms with Gasteiger partial charge in [0.05, 0.1) is 36.8 Å². The highest BCUT2D eigenvalue weighted by molar-refractivity contribution is 5.45. The number of nitrogens with zero attached hydrogens (tertiary/aromatic N) is 3. The van der Waals surface area contributed by atoms with Crippen LogP contribution in [0.1, 0.15) is 17.3 Å². The lowest BCUT2D eigenvalue weighted by molar-refractivity contribution is 0.269. The van der Waals surface area contributed by atoms with E-state index in [0.29, 0.717) is 6.54 Å². The van der Waals surface area contributed by atoms with Gasteiger partial charge in [0.1, 0.15) is 0 Å². The maximum atomic E-state index is 8.98. The van der Waals surface area contributed by atoms with Crippen LogP contribution in [0.4, 0.5) is 5.69 Å². The Morgan fingerprint density at radius 2 is 1.91 bits per heavy atom. The molecule has 0 bridgehead atoms. The Morgan fingerprint density at radius 1 is 1.09 bits per heavy atom. The van der Waals surface area contributed by atoms with E-state index in [0.717, 1.165) is 16.9 Å². The van der Waals surface area contributed by atoms with Gasteiger partial charge in [0.25, 0.3) is 0 Å². The topological polar surface area (TPSA) is 63.0 Å². The third-order valence-corrected chi connectivity index (χ3v) is 3.39. The summed E-state index contributed by atoms with van der Waals surface area (Å²) >= 11 is 0. The first-order valence-corrected chi connectivity index (χ1v) is 7.22. The molecule has 0 aliphatic carbocycles. The third kappa shape index (κ3) is 3.32. The zero-order chi connectivity index (χ0) is 15.2. The van der Waals surface area contributed by atoms with Crippen LogP contribution in [-0.4, -0.2) is 26.5 Å². The number of hydrogen-bond acceptors (Lipinski definition) is 4. The van der Waals surface area contributed by atoms with Crippen molar-refractivity contribution in [2.24, 2.45) is 0 Å². The summed E-state index contributed by atoms with van der Waals surface area (Å²) in [5, 5.41) is 16.7. The molecular weight excluding hydrogens is 276 g/mol. The minimum Gasteiger partial charge on any atom is -0.394 e. The van der Waals surface area contributed by atoms with Crippen LogP contribution in [0.15, 0.2) is 67.1 Å². The second kappa shape index (κ2) is 6.87. The van der Waals surface area contributed by atoms with Gasteiger partial charge in [0, 0.05) is 12.4 Å². The number of rotatable bonds is 6. The van der Waals surface area contributed by atoms with Gasteiger partial charge in [-0.2, -0.15) is 5.10 Å². The van der Waals surface area contributed by atoms with Crippen LogP contribution >= 0.6 is 0 Å². The zero-order valence-corrected chi connectivity index (χ0v) is 12.1. The minimum atomic E-state index is -0.0471. The van der Waals surface area contributed by atoms with E-state index >= 15 is 0 Å². The summed E-state index contributed by atoms with van der Waals surface area (Å²) < 4.78 is 1.71. The molecule has 0 saturated carbocycles. The Labute approximate surface area is 129 Å². The van der Waals surface area contributed by atoms with Crippen LogP contribution in [0, 0.1) is 0 Å². The van der Waals surface area contributed by atoms with E-state index in [9.17, 15) is 0 Å². The van der Waals surface area contributed by atoms with Crippen LogP contribution in [0.2, 0.25) is 0 Å². The second-order valence-electron chi connectivity index (χ2n) is 4.96. The van der Waals surface area contributed by atoms with Crippen molar-refractivity contribution >= 4 is 5.69 Å². The summed E-state index contributed by atoms with van der Waals surface area (Å²) in [6.45, 7) is 0.560. The van der Waals surface area contributed by atoms with Crippen molar-refractivity contribution in [2.75, 3.05) is 11.9 Å². The van der Waals surface area contributed by atoms with Crippen molar-refractivity contribution in [3.8, 4) is 0 Å². The lowest BCUT2D eigenvalue weighted by atomic mass is 10.0. The fraction of sp³-hybridized carbons (Fsp3) is 0.176. The molecule has 0 aliphatic heterocycles. The number of hydrogen-bond donors (Lipinski definition) is 2. The largest absolute Gasteiger partial charge is 0.394 e. The van der Waals surface area contributed by atoms with Crippen molar-refractivity contribution in [3.63, 3.8) is 0 Å². The first kappa shape index (κ1) is 14.3. The average molecular weight is 294 g/mol. The van der Waals surface area contributed by atoms with Crippen LogP contribution in [0.25, 0.3) is 0 Å². The Kier molecular flexibility index (Phi) is 4.46. The molecule has 3 aromatic rings. The predicted octanol–water partition coefficient (Wildman–Crippen LogP) is 2.47. The quantitative estimate of drug-likeness (QED) is 0.733. The zero-order valence-electron chi connectivity index (χ0n) is 12.1. The van der Waals surface area contributed by atoms with Gasteiger partial charge in [0.15, 0.2) is 0 Å². The van der Waals surface area contributed by atoms with Crippen LogP contribution in [-0.2, 0) is 6.54 Å². The fourth-order valence-electron chi connectivity index (χ4n) is 2.35. The molecule has 1 aromatic carbocycles. The molecule has 112 valence electrons. The number of pyridine rings is 1. The molecule has 0 spiro atoms. The van der Waals surface area contributed by atoms with Gasteiger partial charge in [-0.05, 0) is 17.7 Å². The van der Waals surface area contributed by atoms with Crippen molar-refractivity contribution in [3.05, 3.63) is 78.4 Å². The first-order chi connectivity index (χ1) is 10.9. The maximum absolute atomic E-state index is 8.98. The number of aliphatic hydroxyl groups is 1.